The number of amides is 6. The summed E-state index contributed by atoms with van der Waals surface area (Å²) in [6, 6.07) is 3.74. The number of carbonyl (C=O) groups excluding carboxylic acids is 4. The minimum absolute atomic E-state index is 0.183. The average molecular weight is 391 g/mol. The van der Waals surface area contributed by atoms with Crippen LogP contribution in [0.5, 0.6) is 0 Å². The van der Waals surface area contributed by atoms with Crippen molar-refractivity contribution in [3.05, 3.63) is 39.9 Å². The van der Waals surface area contributed by atoms with E-state index >= 15 is 0 Å². The number of nitro benzene ring substituents is 1. The van der Waals surface area contributed by atoms with Crippen molar-refractivity contribution in [2.75, 3.05) is 13.1 Å². The summed E-state index contributed by atoms with van der Waals surface area (Å²) in [4.78, 5) is 59.6. The van der Waals surface area contributed by atoms with Crippen molar-refractivity contribution in [1.82, 2.24) is 20.9 Å². The molecule has 1 unspecified atom stereocenters. The number of rotatable bonds is 6. The highest BCUT2D eigenvalue weighted by atomic mass is 16.6. The van der Waals surface area contributed by atoms with Crippen LogP contribution in [0.4, 0.5) is 15.3 Å². The highest BCUT2D eigenvalue weighted by molar-refractivity contribution is 6.10. The second-order valence-electron chi connectivity index (χ2n) is 6.91. The van der Waals surface area contributed by atoms with Crippen LogP contribution in [-0.2, 0) is 15.1 Å². The van der Waals surface area contributed by atoms with Gasteiger partial charge in [0.15, 0.2) is 0 Å². The molecule has 1 aliphatic rings. The van der Waals surface area contributed by atoms with Crippen molar-refractivity contribution in [1.29, 1.82) is 0 Å². The van der Waals surface area contributed by atoms with Crippen LogP contribution in [0.1, 0.15) is 26.3 Å². The molecule has 1 saturated heterocycles. The zero-order valence-corrected chi connectivity index (χ0v) is 15.6. The number of carbonyl (C=O) groups is 4. The highest BCUT2D eigenvalue weighted by Crippen LogP contribution is 2.30. The van der Waals surface area contributed by atoms with E-state index in [0.717, 1.165) is 0 Å². The predicted octanol–water partition coefficient (Wildman–Crippen LogP) is 0.844. The number of benzene rings is 1. The van der Waals surface area contributed by atoms with E-state index in [4.69, 9.17) is 0 Å². The minimum Gasteiger partial charge on any atom is -0.338 e. The molecule has 0 radical (unpaired) electrons. The van der Waals surface area contributed by atoms with E-state index in [0.29, 0.717) is 11.4 Å². The topological polar surface area (TPSA) is 151 Å². The summed E-state index contributed by atoms with van der Waals surface area (Å²) in [5, 5.41) is 17.9. The van der Waals surface area contributed by atoms with E-state index in [1.54, 1.807) is 0 Å². The van der Waals surface area contributed by atoms with Crippen LogP contribution in [0.2, 0.25) is 0 Å². The van der Waals surface area contributed by atoms with Gasteiger partial charge in [0.25, 0.3) is 11.6 Å². The van der Waals surface area contributed by atoms with Gasteiger partial charge in [0.05, 0.1) is 4.92 Å². The number of urea groups is 2. The van der Waals surface area contributed by atoms with Gasteiger partial charge >= 0.3 is 12.1 Å². The van der Waals surface area contributed by atoms with E-state index < -0.39 is 40.9 Å². The standard InChI is InChI=1S/C17H21N5O6/c1-10(2)8-18-15(25)19-13(23)9-21-14(24)17(3,20-16(21)26)11-5-4-6-12(7-11)22(27)28/h4-7,10H,8-9H2,1-3H3,(H,20,26)(H2,18,19,23,25). The lowest BCUT2D eigenvalue weighted by atomic mass is 9.91. The van der Waals surface area contributed by atoms with E-state index in [1.165, 1.54) is 31.2 Å². The van der Waals surface area contributed by atoms with Crippen LogP contribution >= 0.6 is 0 Å². The molecule has 2 rings (SSSR count). The molecule has 1 aliphatic heterocycles. The van der Waals surface area contributed by atoms with Gasteiger partial charge in [-0.1, -0.05) is 26.0 Å². The number of hydrogen-bond acceptors (Lipinski definition) is 6. The first-order valence-corrected chi connectivity index (χ1v) is 8.51. The van der Waals surface area contributed by atoms with Gasteiger partial charge in [0, 0.05) is 18.7 Å². The van der Waals surface area contributed by atoms with Gasteiger partial charge in [-0.25, -0.2) is 9.59 Å². The monoisotopic (exact) mass is 391 g/mol. The lowest BCUT2D eigenvalue weighted by Gasteiger charge is -2.21. The smallest absolute Gasteiger partial charge is 0.325 e. The number of nitrogens with one attached hydrogen (secondary N) is 3. The molecule has 0 spiro atoms. The van der Waals surface area contributed by atoms with Gasteiger partial charge in [-0.2, -0.15) is 0 Å². The molecule has 0 aromatic heterocycles. The van der Waals surface area contributed by atoms with Crippen molar-refractivity contribution in [2.24, 2.45) is 5.92 Å². The predicted molar refractivity (Wildman–Crippen MR) is 97.1 cm³/mol. The zero-order chi connectivity index (χ0) is 21.1. The molecular weight excluding hydrogens is 370 g/mol. The van der Waals surface area contributed by atoms with Crippen LogP contribution in [0.25, 0.3) is 0 Å². The first kappa shape index (κ1) is 20.8. The molecule has 150 valence electrons. The summed E-state index contributed by atoms with van der Waals surface area (Å²) >= 11 is 0. The Bertz CT molecular complexity index is 839. The van der Waals surface area contributed by atoms with Crippen LogP contribution in [0.3, 0.4) is 0 Å². The van der Waals surface area contributed by atoms with Crippen LogP contribution in [-0.4, -0.2) is 46.8 Å². The minimum atomic E-state index is -1.57. The largest absolute Gasteiger partial charge is 0.338 e. The lowest BCUT2D eigenvalue weighted by molar-refractivity contribution is -0.385. The van der Waals surface area contributed by atoms with Gasteiger partial charge in [-0.15, -0.1) is 0 Å². The number of nitro groups is 1. The lowest BCUT2D eigenvalue weighted by Crippen LogP contribution is -2.47. The SMILES string of the molecule is CC(C)CNC(=O)NC(=O)CN1C(=O)NC(C)(c2cccc([N+](=O)[O-])c2)C1=O. The second kappa shape index (κ2) is 8.03. The maximum atomic E-state index is 12.7. The molecule has 0 aliphatic carbocycles. The Balaban J connectivity index is 2.10. The van der Waals surface area contributed by atoms with Crippen LogP contribution < -0.4 is 16.0 Å². The normalized spacial score (nSPS) is 18.8. The Labute approximate surface area is 160 Å². The Hall–Kier alpha value is -3.50. The molecule has 6 amide bonds. The molecule has 1 aromatic rings. The summed E-state index contributed by atoms with van der Waals surface area (Å²) < 4.78 is 0. The van der Waals surface area contributed by atoms with E-state index in [1.807, 2.05) is 19.2 Å². The van der Waals surface area contributed by atoms with E-state index in [2.05, 4.69) is 10.6 Å². The van der Waals surface area contributed by atoms with Crippen molar-refractivity contribution < 1.29 is 24.1 Å². The summed E-state index contributed by atoms with van der Waals surface area (Å²) in [6.45, 7) is 4.84. The highest BCUT2D eigenvalue weighted by Gasteiger charge is 2.49. The fourth-order valence-corrected chi connectivity index (χ4v) is 2.62. The Kier molecular flexibility index (Phi) is 5.96. The van der Waals surface area contributed by atoms with Gasteiger partial charge in [-0.3, -0.25) is 29.9 Å². The quantitative estimate of drug-likeness (QED) is 0.371. The van der Waals surface area contributed by atoms with Gasteiger partial charge in [0.1, 0.15) is 12.1 Å². The number of hydrogen-bond donors (Lipinski definition) is 3. The Morgan fingerprint density at radius 1 is 1.32 bits per heavy atom. The molecule has 11 nitrogen and oxygen atoms in total. The number of nitrogens with zero attached hydrogens (tertiary/aromatic N) is 2. The van der Waals surface area contributed by atoms with Gasteiger partial charge in [0.2, 0.25) is 5.91 Å². The van der Waals surface area contributed by atoms with E-state index in [-0.39, 0.29) is 17.2 Å². The summed E-state index contributed by atoms with van der Waals surface area (Å²) in [6.07, 6.45) is 0. The number of imide groups is 2. The molecule has 11 heteroatoms. The summed E-state index contributed by atoms with van der Waals surface area (Å²) in [5.74, 6) is -1.41. The summed E-state index contributed by atoms with van der Waals surface area (Å²) in [7, 11) is 0. The summed E-state index contributed by atoms with van der Waals surface area (Å²) in [5.41, 5.74) is -1.60. The van der Waals surface area contributed by atoms with Crippen LogP contribution in [0.15, 0.2) is 24.3 Å². The fourth-order valence-electron chi connectivity index (χ4n) is 2.62. The Morgan fingerprint density at radius 2 is 2.00 bits per heavy atom. The maximum absolute atomic E-state index is 12.7. The fraction of sp³-hybridized carbons (Fsp3) is 0.412. The van der Waals surface area contributed by atoms with Crippen molar-refractivity contribution >= 4 is 29.6 Å². The first-order chi connectivity index (χ1) is 13.0. The van der Waals surface area contributed by atoms with Crippen molar-refractivity contribution in [3.8, 4) is 0 Å². The molecule has 28 heavy (non-hydrogen) atoms. The molecule has 1 fully saturated rings. The average Bonchev–Trinajstić information content (AvgIpc) is 2.84. The maximum Gasteiger partial charge on any atom is 0.325 e. The molecule has 0 saturated carbocycles. The van der Waals surface area contributed by atoms with Crippen molar-refractivity contribution in [3.63, 3.8) is 0 Å². The van der Waals surface area contributed by atoms with Crippen LogP contribution in [0, 0.1) is 16.0 Å². The second-order valence-corrected chi connectivity index (χ2v) is 6.91. The van der Waals surface area contributed by atoms with Gasteiger partial charge < -0.3 is 10.6 Å². The molecule has 1 heterocycles. The van der Waals surface area contributed by atoms with Gasteiger partial charge in [-0.05, 0) is 18.4 Å². The van der Waals surface area contributed by atoms with E-state index in [9.17, 15) is 29.3 Å². The Morgan fingerprint density at radius 3 is 2.61 bits per heavy atom. The first-order valence-electron chi connectivity index (χ1n) is 8.51. The molecule has 1 aromatic carbocycles. The molecular formula is C17H21N5O6. The third-order valence-corrected chi connectivity index (χ3v) is 4.13. The molecule has 1 atom stereocenters. The van der Waals surface area contributed by atoms with Crippen molar-refractivity contribution in [2.45, 2.75) is 26.3 Å². The number of non-ortho nitro benzene ring substituents is 1. The third kappa shape index (κ3) is 4.42. The molecule has 0 bridgehead atoms. The third-order valence-electron chi connectivity index (χ3n) is 4.13. The zero-order valence-electron chi connectivity index (χ0n) is 15.6. The molecule has 3 N–H and O–H groups in total.